The minimum Gasteiger partial charge on any atom is -0.462 e. The molecule has 0 aromatic heterocycles. The molecule has 0 atom stereocenters. The molecular weight excluding hydrogens is 238 g/mol. The smallest absolute Gasteiger partial charge is 0.339 e. The maximum atomic E-state index is 12.0. The van der Waals surface area contributed by atoms with Crippen molar-refractivity contribution >= 4 is 5.97 Å². The molecule has 0 bridgehead atoms. The first-order valence-corrected chi connectivity index (χ1v) is 6.24. The molecule has 2 aliphatic carbocycles. The van der Waals surface area contributed by atoms with E-state index in [0.717, 1.165) is 22.3 Å². The molecule has 3 nitrogen and oxygen atoms in total. The highest BCUT2D eigenvalue weighted by atomic mass is 16.5. The third-order valence-electron chi connectivity index (χ3n) is 3.08. The quantitative estimate of drug-likeness (QED) is 0.788. The fourth-order valence-electron chi connectivity index (χ4n) is 2.28. The molecule has 2 aliphatic rings. The minimum absolute atomic E-state index is 0.302. The van der Waals surface area contributed by atoms with Crippen LogP contribution in [0.3, 0.4) is 0 Å². The van der Waals surface area contributed by atoms with Crippen LogP contribution < -0.4 is 0 Å². The highest BCUT2D eigenvalue weighted by Crippen LogP contribution is 2.34. The molecule has 0 heterocycles. The second kappa shape index (κ2) is 5.53. The number of carbonyl (C=O) groups excluding carboxylic acids is 1. The highest BCUT2D eigenvalue weighted by molar-refractivity contribution is 6.01. The van der Waals surface area contributed by atoms with Gasteiger partial charge in [0.15, 0.2) is 0 Å². The van der Waals surface area contributed by atoms with E-state index in [4.69, 9.17) is 10.00 Å². The molecule has 0 N–H and O–H groups in total. The molecule has 0 fully saturated rings. The lowest BCUT2D eigenvalue weighted by molar-refractivity contribution is 0.0527. The van der Waals surface area contributed by atoms with E-state index in [-0.39, 0.29) is 5.97 Å². The minimum atomic E-state index is -0.302. The lowest BCUT2D eigenvalue weighted by atomic mass is 10.0. The summed E-state index contributed by atoms with van der Waals surface area (Å²) in [5, 5.41) is 8.89. The fourth-order valence-corrected chi connectivity index (χ4v) is 2.28. The van der Waals surface area contributed by atoms with Crippen LogP contribution in [0.5, 0.6) is 0 Å². The molecule has 0 aliphatic heterocycles. The summed E-state index contributed by atoms with van der Waals surface area (Å²) in [6.45, 7) is 4.04. The van der Waals surface area contributed by atoms with Crippen molar-refractivity contribution in [2.75, 3.05) is 6.61 Å². The number of fused-ring (bicyclic) bond motifs is 1. The zero-order valence-electron chi connectivity index (χ0n) is 11.1. The van der Waals surface area contributed by atoms with E-state index in [2.05, 4.69) is 6.07 Å². The van der Waals surface area contributed by atoms with E-state index in [9.17, 15) is 4.79 Å². The van der Waals surface area contributed by atoms with E-state index in [1.165, 1.54) is 0 Å². The monoisotopic (exact) mass is 253 g/mol. The van der Waals surface area contributed by atoms with Crippen LogP contribution in [0.15, 0.2) is 30.3 Å². The number of ether oxygens (including phenoxy) is 1. The molecule has 0 spiro atoms. The van der Waals surface area contributed by atoms with Gasteiger partial charge < -0.3 is 4.74 Å². The van der Waals surface area contributed by atoms with E-state index in [1.54, 1.807) is 6.92 Å². The predicted molar refractivity (Wildman–Crippen MR) is 73.1 cm³/mol. The maximum Gasteiger partial charge on any atom is 0.339 e. The Balaban J connectivity index is 2.61. The zero-order valence-corrected chi connectivity index (χ0v) is 11.1. The fraction of sp³-hybridized carbons (Fsp3) is 0.250. The van der Waals surface area contributed by atoms with Gasteiger partial charge in [0.1, 0.15) is 0 Å². The first kappa shape index (κ1) is 13.1. The largest absolute Gasteiger partial charge is 0.462 e. The summed E-state index contributed by atoms with van der Waals surface area (Å²) in [5.74, 6) is -0.302. The van der Waals surface area contributed by atoms with Gasteiger partial charge in [-0.1, -0.05) is 30.3 Å². The Morgan fingerprint density at radius 2 is 2.05 bits per heavy atom. The van der Waals surface area contributed by atoms with Gasteiger partial charge in [0, 0.05) is 0 Å². The molecule has 0 aromatic carbocycles. The second-order valence-electron chi connectivity index (χ2n) is 4.33. The van der Waals surface area contributed by atoms with Crippen molar-refractivity contribution in [3.05, 3.63) is 47.0 Å². The number of aryl methyl sites for hydroxylation is 1. The summed E-state index contributed by atoms with van der Waals surface area (Å²) in [5.41, 5.74) is 4.23. The number of esters is 1. The Hall–Kier alpha value is -2.34. The number of hydrogen-bond donors (Lipinski definition) is 0. The Kier molecular flexibility index (Phi) is 3.82. The summed E-state index contributed by atoms with van der Waals surface area (Å²) in [6, 6.07) is 11.7. The summed E-state index contributed by atoms with van der Waals surface area (Å²) in [7, 11) is 0. The van der Waals surface area contributed by atoms with Crippen molar-refractivity contribution in [2.45, 2.75) is 20.3 Å². The van der Waals surface area contributed by atoms with Crippen molar-refractivity contribution in [3.8, 4) is 17.2 Å². The maximum absolute atomic E-state index is 12.0. The average molecular weight is 253 g/mol. The van der Waals surface area contributed by atoms with Crippen molar-refractivity contribution in [2.24, 2.45) is 0 Å². The Morgan fingerprint density at radius 3 is 2.74 bits per heavy atom. The van der Waals surface area contributed by atoms with E-state index in [0.29, 0.717) is 18.6 Å². The Labute approximate surface area is 112 Å². The molecule has 96 valence electrons. The topological polar surface area (TPSA) is 50.1 Å². The molecule has 19 heavy (non-hydrogen) atoms. The van der Waals surface area contributed by atoms with Crippen molar-refractivity contribution in [3.63, 3.8) is 0 Å². The van der Waals surface area contributed by atoms with E-state index < -0.39 is 0 Å². The van der Waals surface area contributed by atoms with Gasteiger partial charge in [0.05, 0.1) is 24.7 Å². The molecule has 0 unspecified atom stereocenters. The second-order valence-corrected chi connectivity index (χ2v) is 4.33. The van der Waals surface area contributed by atoms with Crippen LogP contribution in [0.2, 0.25) is 0 Å². The number of nitrogens with zero attached hydrogens (tertiary/aromatic N) is 1. The van der Waals surface area contributed by atoms with Crippen molar-refractivity contribution < 1.29 is 9.53 Å². The van der Waals surface area contributed by atoms with Crippen LogP contribution in [0.1, 0.15) is 28.4 Å². The lowest BCUT2D eigenvalue weighted by Gasteiger charge is -2.04. The van der Waals surface area contributed by atoms with Gasteiger partial charge >= 0.3 is 5.97 Å². The summed E-state index contributed by atoms with van der Waals surface area (Å²) >= 11 is 0. The lowest BCUT2D eigenvalue weighted by Crippen LogP contribution is -2.05. The molecule has 3 heteroatoms. The van der Waals surface area contributed by atoms with Crippen molar-refractivity contribution in [1.29, 1.82) is 5.26 Å². The summed E-state index contributed by atoms with van der Waals surface area (Å²) < 4.78 is 5.10. The molecular formula is C16H15NO2. The molecule has 2 rings (SSSR count). The van der Waals surface area contributed by atoms with Gasteiger partial charge in [-0.15, -0.1) is 0 Å². The van der Waals surface area contributed by atoms with Crippen LogP contribution in [0, 0.1) is 18.3 Å². The third-order valence-corrected chi connectivity index (χ3v) is 3.08. The van der Waals surface area contributed by atoms with Crippen LogP contribution in [0.25, 0.3) is 11.1 Å². The molecule has 0 amide bonds. The Bertz CT molecular complexity index is 625. The van der Waals surface area contributed by atoms with Crippen molar-refractivity contribution in [1.82, 2.24) is 0 Å². The summed E-state index contributed by atoms with van der Waals surface area (Å²) in [6.07, 6.45) is 0.330. The molecule has 0 saturated heterocycles. The third kappa shape index (κ3) is 2.43. The standard InChI is InChI=1S/C16H15NO2/c1-3-19-16(18)15-11(2)10-14-12(8-9-17)6-4-5-7-13(14)15/h4-7,10H,3,8H2,1-2H3. The van der Waals surface area contributed by atoms with Crippen LogP contribution in [-0.4, -0.2) is 12.6 Å². The SMILES string of the molecule is CCOC(=O)c1c(C)cc2c(CC#N)ccccc1-2. The average Bonchev–Trinajstić information content (AvgIpc) is 2.59. The van der Waals surface area contributed by atoms with Crippen LogP contribution >= 0.6 is 0 Å². The molecule has 0 aromatic rings. The summed E-state index contributed by atoms with van der Waals surface area (Å²) in [4.78, 5) is 12.0. The Morgan fingerprint density at radius 1 is 1.32 bits per heavy atom. The molecule has 0 saturated carbocycles. The van der Waals surface area contributed by atoms with Gasteiger partial charge in [0.2, 0.25) is 0 Å². The normalized spacial score (nSPS) is 10.2. The first-order chi connectivity index (χ1) is 9.19. The van der Waals surface area contributed by atoms with Gasteiger partial charge in [-0.05, 0) is 36.1 Å². The van der Waals surface area contributed by atoms with Crippen LogP contribution in [0.4, 0.5) is 0 Å². The number of carbonyl (C=O) groups is 1. The number of nitriles is 1. The van der Waals surface area contributed by atoms with Gasteiger partial charge in [-0.2, -0.15) is 5.26 Å². The first-order valence-electron chi connectivity index (χ1n) is 6.24. The van der Waals surface area contributed by atoms with Gasteiger partial charge in [-0.25, -0.2) is 4.79 Å². The van der Waals surface area contributed by atoms with Gasteiger partial charge in [-0.3, -0.25) is 0 Å². The zero-order chi connectivity index (χ0) is 13.8. The highest BCUT2D eigenvalue weighted by Gasteiger charge is 2.21. The molecule has 0 radical (unpaired) electrons. The van der Waals surface area contributed by atoms with Gasteiger partial charge in [0.25, 0.3) is 0 Å². The van der Waals surface area contributed by atoms with E-state index in [1.807, 2.05) is 37.3 Å². The predicted octanol–water partition coefficient (Wildman–Crippen LogP) is 3.34. The number of rotatable bonds is 3. The van der Waals surface area contributed by atoms with E-state index >= 15 is 0 Å². The number of hydrogen-bond acceptors (Lipinski definition) is 3. The van der Waals surface area contributed by atoms with Crippen LogP contribution in [-0.2, 0) is 11.2 Å².